The van der Waals surface area contributed by atoms with E-state index in [9.17, 15) is 9.59 Å². The average Bonchev–Trinajstić information content (AvgIpc) is 2.60. The Morgan fingerprint density at radius 3 is 2.38 bits per heavy atom. The Kier molecular flexibility index (Phi) is 6.03. The molecule has 2 aromatic rings. The van der Waals surface area contributed by atoms with Crippen LogP contribution in [0, 0.1) is 0 Å². The molecule has 2 rings (SSSR count). The summed E-state index contributed by atoms with van der Waals surface area (Å²) < 4.78 is 10.2. The van der Waals surface area contributed by atoms with Crippen molar-refractivity contribution in [2.45, 2.75) is 0 Å². The fourth-order valence-electron chi connectivity index (χ4n) is 1.98. The van der Waals surface area contributed by atoms with Gasteiger partial charge in [0.2, 0.25) is 5.91 Å². The van der Waals surface area contributed by atoms with Crippen LogP contribution < -0.4 is 20.1 Å². The van der Waals surface area contributed by atoms with E-state index in [4.69, 9.17) is 21.1 Å². The highest BCUT2D eigenvalue weighted by Crippen LogP contribution is 2.27. The Morgan fingerprint density at radius 1 is 1.04 bits per heavy atom. The van der Waals surface area contributed by atoms with Crippen molar-refractivity contribution < 1.29 is 19.1 Å². The third kappa shape index (κ3) is 4.63. The lowest BCUT2D eigenvalue weighted by Gasteiger charge is -2.11. The Hall–Kier alpha value is -2.73. The molecule has 0 spiro atoms. The van der Waals surface area contributed by atoms with Gasteiger partial charge >= 0.3 is 0 Å². The summed E-state index contributed by atoms with van der Waals surface area (Å²) in [7, 11) is 3.04. The van der Waals surface area contributed by atoms with Crippen LogP contribution in [-0.2, 0) is 4.79 Å². The summed E-state index contributed by atoms with van der Waals surface area (Å²) in [5, 5.41) is 5.65. The molecule has 0 heterocycles. The Morgan fingerprint density at radius 2 is 1.75 bits per heavy atom. The van der Waals surface area contributed by atoms with Crippen molar-refractivity contribution in [3.63, 3.8) is 0 Å². The van der Waals surface area contributed by atoms with Gasteiger partial charge in [0.1, 0.15) is 11.5 Å². The van der Waals surface area contributed by atoms with Crippen molar-refractivity contribution in [1.29, 1.82) is 0 Å². The fourth-order valence-corrected chi connectivity index (χ4v) is 2.15. The van der Waals surface area contributed by atoms with Gasteiger partial charge in [0.25, 0.3) is 5.91 Å². The minimum atomic E-state index is -0.391. The minimum Gasteiger partial charge on any atom is -0.497 e. The average molecular weight is 349 g/mol. The van der Waals surface area contributed by atoms with E-state index in [0.29, 0.717) is 27.8 Å². The van der Waals surface area contributed by atoms with E-state index in [1.807, 2.05) is 0 Å². The zero-order chi connectivity index (χ0) is 17.5. The monoisotopic (exact) mass is 348 g/mol. The third-order valence-electron chi connectivity index (χ3n) is 3.20. The molecule has 2 aromatic carbocycles. The largest absolute Gasteiger partial charge is 0.497 e. The molecule has 0 aliphatic rings. The highest BCUT2D eigenvalue weighted by molar-refractivity contribution is 6.31. The third-order valence-corrected chi connectivity index (χ3v) is 3.43. The van der Waals surface area contributed by atoms with Crippen LogP contribution in [0.3, 0.4) is 0 Å². The number of benzene rings is 2. The summed E-state index contributed by atoms with van der Waals surface area (Å²) in [6.07, 6.45) is 0. The maximum absolute atomic E-state index is 12.0. The van der Waals surface area contributed by atoms with Gasteiger partial charge in [-0.1, -0.05) is 11.6 Å². The number of halogens is 1. The van der Waals surface area contributed by atoms with Gasteiger partial charge < -0.3 is 20.1 Å². The molecule has 2 amide bonds. The topological polar surface area (TPSA) is 76.7 Å². The van der Waals surface area contributed by atoms with Gasteiger partial charge in [0, 0.05) is 10.6 Å². The van der Waals surface area contributed by atoms with E-state index in [1.165, 1.54) is 7.11 Å². The van der Waals surface area contributed by atoms with Gasteiger partial charge in [-0.25, -0.2) is 0 Å². The predicted molar refractivity (Wildman–Crippen MR) is 92.0 cm³/mol. The van der Waals surface area contributed by atoms with Gasteiger partial charge in [0.15, 0.2) is 0 Å². The van der Waals surface area contributed by atoms with Crippen LogP contribution in [0.25, 0.3) is 0 Å². The molecule has 126 valence electrons. The summed E-state index contributed by atoms with van der Waals surface area (Å²) in [6, 6.07) is 11.5. The summed E-state index contributed by atoms with van der Waals surface area (Å²) in [5.74, 6) is 0.384. The molecule has 0 radical (unpaired) electrons. The van der Waals surface area contributed by atoms with Crippen molar-refractivity contribution in [3.05, 3.63) is 53.1 Å². The van der Waals surface area contributed by atoms with Gasteiger partial charge in [-0.3, -0.25) is 9.59 Å². The molecular weight excluding hydrogens is 332 g/mol. The molecule has 0 saturated carbocycles. The predicted octanol–water partition coefficient (Wildman–Crippen LogP) is 2.73. The first-order valence-electron chi connectivity index (χ1n) is 7.09. The van der Waals surface area contributed by atoms with Crippen LogP contribution in [0.2, 0.25) is 5.02 Å². The molecule has 0 aromatic heterocycles. The number of rotatable bonds is 6. The number of carbonyl (C=O) groups is 2. The van der Waals surface area contributed by atoms with Crippen LogP contribution in [-0.4, -0.2) is 32.6 Å². The SMILES string of the molecule is COc1ccc(C(=O)NCC(=O)Nc2cc(Cl)ccc2OC)cc1. The first-order chi connectivity index (χ1) is 11.5. The molecule has 6 nitrogen and oxygen atoms in total. The van der Waals surface area contributed by atoms with Crippen LogP contribution in [0.1, 0.15) is 10.4 Å². The highest BCUT2D eigenvalue weighted by Gasteiger charge is 2.11. The van der Waals surface area contributed by atoms with Gasteiger partial charge in [0.05, 0.1) is 26.5 Å². The number of ether oxygens (including phenoxy) is 2. The van der Waals surface area contributed by atoms with Crippen molar-refractivity contribution >= 4 is 29.1 Å². The molecule has 0 atom stereocenters. The van der Waals surface area contributed by atoms with Crippen molar-refractivity contribution in [3.8, 4) is 11.5 Å². The smallest absolute Gasteiger partial charge is 0.251 e. The number of hydrogen-bond donors (Lipinski definition) is 2. The van der Waals surface area contributed by atoms with Crippen LogP contribution in [0.15, 0.2) is 42.5 Å². The molecule has 7 heteroatoms. The van der Waals surface area contributed by atoms with Crippen molar-refractivity contribution in [2.75, 3.05) is 26.1 Å². The first-order valence-corrected chi connectivity index (χ1v) is 7.47. The zero-order valence-corrected chi connectivity index (χ0v) is 14.0. The van der Waals surface area contributed by atoms with Gasteiger partial charge in [-0.15, -0.1) is 0 Å². The molecule has 0 unspecified atom stereocenters. The normalized spacial score (nSPS) is 9.96. The molecule has 0 fully saturated rings. The van der Waals surface area contributed by atoms with E-state index >= 15 is 0 Å². The quantitative estimate of drug-likeness (QED) is 0.841. The first kappa shape index (κ1) is 17.6. The lowest BCUT2D eigenvalue weighted by atomic mass is 10.2. The summed E-state index contributed by atoms with van der Waals surface area (Å²) >= 11 is 5.90. The zero-order valence-electron chi connectivity index (χ0n) is 13.3. The molecule has 2 N–H and O–H groups in total. The van der Waals surface area contributed by atoms with E-state index in [1.54, 1.807) is 49.6 Å². The molecule has 0 saturated heterocycles. The highest BCUT2D eigenvalue weighted by atomic mass is 35.5. The van der Waals surface area contributed by atoms with E-state index < -0.39 is 5.91 Å². The van der Waals surface area contributed by atoms with E-state index in [2.05, 4.69) is 10.6 Å². The fraction of sp³-hybridized carbons (Fsp3) is 0.176. The molecule has 0 aliphatic carbocycles. The lowest BCUT2D eigenvalue weighted by molar-refractivity contribution is -0.115. The Labute approximate surface area is 144 Å². The number of nitrogens with one attached hydrogen (secondary N) is 2. The van der Waals surface area contributed by atoms with E-state index in [-0.39, 0.29) is 12.5 Å². The standard InChI is InChI=1S/C17H17ClN2O4/c1-23-13-6-3-11(4-7-13)17(22)19-10-16(21)20-14-9-12(18)5-8-15(14)24-2/h3-9H,10H2,1-2H3,(H,19,22)(H,20,21). The van der Waals surface area contributed by atoms with Gasteiger partial charge in [-0.2, -0.15) is 0 Å². The molecule has 0 aliphatic heterocycles. The second kappa shape index (κ2) is 8.21. The second-order valence-electron chi connectivity index (χ2n) is 4.80. The molecule has 0 bridgehead atoms. The number of anilines is 1. The molecule has 24 heavy (non-hydrogen) atoms. The van der Waals surface area contributed by atoms with Crippen LogP contribution in [0.4, 0.5) is 5.69 Å². The minimum absolute atomic E-state index is 0.180. The summed E-state index contributed by atoms with van der Waals surface area (Å²) in [4.78, 5) is 24.0. The Bertz CT molecular complexity index is 732. The second-order valence-corrected chi connectivity index (χ2v) is 5.24. The maximum atomic E-state index is 12.0. The summed E-state index contributed by atoms with van der Waals surface area (Å²) in [5.41, 5.74) is 0.873. The lowest BCUT2D eigenvalue weighted by Crippen LogP contribution is -2.32. The van der Waals surface area contributed by atoms with Crippen molar-refractivity contribution in [2.24, 2.45) is 0 Å². The van der Waals surface area contributed by atoms with Gasteiger partial charge in [-0.05, 0) is 42.5 Å². The molecular formula is C17H17ClN2O4. The van der Waals surface area contributed by atoms with Crippen LogP contribution in [0.5, 0.6) is 11.5 Å². The Balaban J connectivity index is 1.93. The summed E-state index contributed by atoms with van der Waals surface area (Å²) in [6.45, 7) is -0.180. The number of amides is 2. The number of carbonyl (C=O) groups excluding carboxylic acids is 2. The number of methoxy groups -OCH3 is 2. The van der Waals surface area contributed by atoms with E-state index in [0.717, 1.165) is 0 Å². The van der Waals surface area contributed by atoms with Crippen LogP contribution >= 0.6 is 11.6 Å². The van der Waals surface area contributed by atoms with Crippen molar-refractivity contribution in [1.82, 2.24) is 5.32 Å². The maximum Gasteiger partial charge on any atom is 0.251 e. The number of hydrogen-bond acceptors (Lipinski definition) is 4.